The first-order valence-electron chi connectivity index (χ1n) is 5.31. The Kier molecular flexibility index (Phi) is 3.74. The van der Waals surface area contributed by atoms with Crippen molar-refractivity contribution in [1.29, 1.82) is 0 Å². The van der Waals surface area contributed by atoms with Crippen LogP contribution in [0.25, 0.3) is 0 Å². The smallest absolute Gasteiger partial charge is 0.328 e. The van der Waals surface area contributed by atoms with E-state index < -0.39 is 0 Å². The molecule has 0 saturated heterocycles. The van der Waals surface area contributed by atoms with Gasteiger partial charge in [-0.25, -0.2) is 4.79 Å². The number of hydrogen-bond acceptors (Lipinski definition) is 2. The highest BCUT2D eigenvalue weighted by Crippen LogP contribution is 2.13. The first-order chi connectivity index (χ1) is 7.00. The molecule has 1 aromatic heterocycles. The van der Waals surface area contributed by atoms with Gasteiger partial charge in [0.05, 0.1) is 5.60 Å². The van der Waals surface area contributed by atoms with E-state index in [9.17, 15) is 4.79 Å². The predicted molar refractivity (Wildman–Crippen MR) is 60.1 cm³/mol. The van der Waals surface area contributed by atoms with Gasteiger partial charge < -0.3 is 4.74 Å². The number of nitrogens with zero attached hydrogens (tertiary/aromatic N) is 2. The number of aryl methyl sites for hydroxylation is 2. The summed E-state index contributed by atoms with van der Waals surface area (Å²) in [5.41, 5.74) is -0.113. The summed E-state index contributed by atoms with van der Waals surface area (Å²) in [4.78, 5) is 11.7. The Bertz CT molecular complexity index is 363. The quantitative estimate of drug-likeness (QED) is 0.741. The van der Waals surface area contributed by atoms with Crippen molar-refractivity contribution in [3.8, 4) is 0 Å². The van der Waals surface area contributed by atoms with Crippen LogP contribution in [-0.2, 0) is 17.8 Å². The lowest BCUT2D eigenvalue weighted by Crippen LogP contribution is -2.29. The maximum Gasteiger partial charge on any atom is 0.328 e. The third-order valence-corrected chi connectivity index (χ3v) is 2.77. The van der Waals surface area contributed by atoms with E-state index in [1.807, 2.05) is 33.2 Å². The van der Waals surface area contributed by atoms with E-state index >= 15 is 0 Å². The van der Waals surface area contributed by atoms with Gasteiger partial charge in [0.15, 0.2) is 0 Å². The molecule has 4 nitrogen and oxygen atoms in total. The molecule has 1 heterocycles. The highest BCUT2D eigenvalue weighted by Gasteiger charge is 2.16. The van der Waals surface area contributed by atoms with Gasteiger partial charge in [0, 0.05) is 32.6 Å². The molecule has 0 N–H and O–H groups in total. The number of methoxy groups -OCH3 is 1. The fourth-order valence-electron chi connectivity index (χ4n) is 1.36. The largest absolute Gasteiger partial charge is 0.379 e. The zero-order chi connectivity index (χ0) is 11.5. The van der Waals surface area contributed by atoms with Gasteiger partial charge in [-0.05, 0) is 27.2 Å². The monoisotopic (exact) mass is 212 g/mol. The molecule has 0 atom stereocenters. The van der Waals surface area contributed by atoms with E-state index in [1.165, 1.54) is 0 Å². The number of hydrogen-bond donors (Lipinski definition) is 0. The van der Waals surface area contributed by atoms with Crippen LogP contribution in [-0.4, -0.2) is 21.8 Å². The minimum absolute atomic E-state index is 0.0596. The summed E-state index contributed by atoms with van der Waals surface area (Å²) in [7, 11) is 1.69. The maximum atomic E-state index is 11.7. The number of rotatable bonds is 5. The second-order valence-corrected chi connectivity index (χ2v) is 4.27. The average Bonchev–Trinajstić information content (AvgIpc) is 2.57. The van der Waals surface area contributed by atoms with Crippen molar-refractivity contribution in [2.24, 2.45) is 0 Å². The Labute approximate surface area is 90.5 Å². The number of imidazole rings is 1. The molecular formula is C11H20N2O2. The summed E-state index contributed by atoms with van der Waals surface area (Å²) in [6.07, 6.45) is 4.48. The van der Waals surface area contributed by atoms with E-state index in [0.717, 1.165) is 13.0 Å². The second kappa shape index (κ2) is 4.66. The molecule has 0 amide bonds. The summed E-state index contributed by atoms with van der Waals surface area (Å²) in [5.74, 6) is 0. The van der Waals surface area contributed by atoms with Crippen LogP contribution in [0.5, 0.6) is 0 Å². The third kappa shape index (κ3) is 2.96. The Balaban J connectivity index is 2.66. The first kappa shape index (κ1) is 12.0. The van der Waals surface area contributed by atoms with Crippen molar-refractivity contribution >= 4 is 0 Å². The van der Waals surface area contributed by atoms with Gasteiger partial charge in [-0.2, -0.15) is 0 Å². The highest BCUT2D eigenvalue weighted by molar-refractivity contribution is 4.82. The minimum atomic E-state index is -0.173. The molecule has 0 aromatic carbocycles. The Morgan fingerprint density at radius 3 is 2.40 bits per heavy atom. The van der Waals surface area contributed by atoms with Crippen LogP contribution in [0.3, 0.4) is 0 Å². The highest BCUT2D eigenvalue weighted by atomic mass is 16.5. The minimum Gasteiger partial charge on any atom is -0.379 e. The third-order valence-electron chi connectivity index (χ3n) is 2.77. The Hall–Kier alpha value is -1.03. The summed E-state index contributed by atoms with van der Waals surface area (Å²) in [5, 5.41) is 0. The molecule has 0 unspecified atom stereocenters. The van der Waals surface area contributed by atoms with Gasteiger partial charge in [0.25, 0.3) is 0 Å². The summed E-state index contributed by atoms with van der Waals surface area (Å²) >= 11 is 0. The molecule has 1 aromatic rings. The van der Waals surface area contributed by atoms with E-state index in [4.69, 9.17) is 4.74 Å². The lowest BCUT2D eigenvalue weighted by atomic mass is 10.1. The standard InChI is InChI=1S/C11H20N2O2/c1-5-12-8-9-13(10(12)14)7-6-11(2,3)15-4/h8-9H,5-7H2,1-4H3. The van der Waals surface area contributed by atoms with Gasteiger partial charge >= 0.3 is 5.69 Å². The molecule has 0 radical (unpaired) electrons. The summed E-state index contributed by atoms with van der Waals surface area (Å²) in [6, 6.07) is 0. The molecule has 1 rings (SSSR count). The summed E-state index contributed by atoms with van der Waals surface area (Å²) in [6.45, 7) is 7.43. The van der Waals surface area contributed by atoms with Gasteiger partial charge in [-0.1, -0.05) is 0 Å². The van der Waals surface area contributed by atoms with Crippen LogP contribution in [0, 0.1) is 0 Å². The van der Waals surface area contributed by atoms with Gasteiger partial charge in [0.2, 0.25) is 0 Å². The SMILES string of the molecule is CCn1ccn(CCC(C)(C)OC)c1=O. The molecule has 86 valence electrons. The van der Waals surface area contributed by atoms with Crippen LogP contribution in [0.4, 0.5) is 0 Å². The van der Waals surface area contributed by atoms with E-state index in [0.29, 0.717) is 6.54 Å². The summed E-state index contributed by atoms with van der Waals surface area (Å²) < 4.78 is 8.73. The van der Waals surface area contributed by atoms with Crippen LogP contribution < -0.4 is 5.69 Å². The Morgan fingerprint density at radius 2 is 1.93 bits per heavy atom. The van der Waals surface area contributed by atoms with Crippen molar-refractivity contribution in [2.75, 3.05) is 7.11 Å². The van der Waals surface area contributed by atoms with Gasteiger partial charge in [-0.3, -0.25) is 9.13 Å². The molecule has 15 heavy (non-hydrogen) atoms. The molecular weight excluding hydrogens is 192 g/mol. The van der Waals surface area contributed by atoms with E-state index in [1.54, 1.807) is 16.2 Å². The van der Waals surface area contributed by atoms with Crippen molar-refractivity contribution < 1.29 is 4.74 Å². The maximum absolute atomic E-state index is 11.7. The van der Waals surface area contributed by atoms with Gasteiger partial charge in [0.1, 0.15) is 0 Å². The first-order valence-corrected chi connectivity index (χ1v) is 5.31. The van der Waals surface area contributed by atoms with Crippen molar-refractivity contribution in [2.45, 2.75) is 45.9 Å². The van der Waals surface area contributed by atoms with E-state index in [-0.39, 0.29) is 11.3 Å². The lowest BCUT2D eigenvalue weighted by molar-refractivity contribution is 0.0118. The van der Waals surface area contributed by atoms with Crippen molar-refractivity contribution in [3.05, 3.63) is 22.9 Å². The number of aromatic nitrogens is 2. The van der Waals surface area contributed by atoms with Crippen molar-refractivity contribution in [1.82, 2.24) is 9.13 Å². The molecule has 0 aliphatic carbocycles. The second-order valence-electron chi connectivity index (χ2n) is 4.27. The Morgan fingerprint density at radius 1 is 1.33 bits per heavy atom. The van der Waals surface area contributed by atoms with Crippen LogP contribution in [0.15, 0.2) is 17.2 Å². The molecule has 0 spiro atoms. The lowest BCUT2D eigenvalue weighted by Gasteiger charge is -2.22. The van der Waals surface area contributed by atoms with E-state index in [2.05, 4.69) is 0 Å². The fraction of sp³-hybridized carbons (Fsp3) is 0.727. The predicted octanol–water partition coefficient (Wildman–Crippen LogP) is 1.48. The molecule has 0 fully saturated rings. The normalized spacial score (nSPS) is 12.0. The van der Waals surface area contributed by atoms with Crippen molar-refractivity contribution in [3.63, 3.8) is 0 Å². The average molecular weight is 212 g/mol. The zero-order valence-electron chi connectivity index (χ0n) is 9.99. The van der Waals surface area contributed by atoms with Crippen LogP contribution in [0.2, 0.25) is 0 Å². The topological polar surface area (TPSA) is 36.2 Å². The zero-order valence-corrected chi connectivity index (χ0v) is 9.99. The van der Waals surface area contributed by atoms with Gasteiger partial charge in [-0.15, -0.1) is 0 Å². The van der Waals surface area contributed by atoms with Crippen LogP contribution in [0.1, 0.15) is 27.2 Å². The molecule has 0 saturated carbocycles. The fourth-order valence-corrected chi connectivity index (χ4v) is 1.36. The molecule has 0 aliphatic rings. The molecule has 4 heteroatoms. The molecule has 0 aliphatic heterocycles. The number of ether oxygens (including phenoxy) is 1. The van der Waals surface area contributed by atoms with Crippen LogP contribution >= 0.6 is 0 Å². The molecule has 0 bridgehead atoms.